The van der Waals surface area contributed by atoms with Gasteiger partial charge in [-0.05, 0) is 22.9 Å². The second kappa shape index (κ2) is 6.00. The Balaban J connectivity index is 2.54. The first kappa shape index (κ1) is 13.1. The van der Waals surface area contributed by atoms with E-state index in [4.69, 9.17) is 9.84 Å². The third-order valence-corrected chi connectivity index (χ3v) is 2.66. The highest BCUT2D eigenvalue weighted by molar-refractivity contribution is 5.96. The largest absolute Gasteiger partial charge is 0.490 e. The van der Waals surface area contributed by atoms with E-state index in [2.05, 4.69) is 0 Å². The lowest BCUT2D eigenvalue weighted by molar-refractivity contribution is -0.131. The molecule has 0 aliphatic carbocycles. The van der Waals surface area contributed by atoms with Gasteiger partial charge in [-0.2, -0.15) is 0 Å². The van der Waals surface area contributed by atoms with Gasteiger partial charge in [0.05, 0.1) is 0 Å². The highest BCUT2D eigenvalue weighted by Gasteiger charge is 2.06. The van der Waals surface area contributed by atoms with Crippen LogP contribution in [-0.4, -0.2) is 24.4 Å². The maximum Gasteiger partial charge on any atom is 0.328 e. The molecule has 0 atom stereocenters. The molecule has 0 saturated heterocycles. The molecule has 2 aromatic carbocycles. The molecule has 2 aromatic rings. The number of hydrogen-bond donors (Lipinski definition) is 1. The van der Waals surface area contributed by atoms with E-state index in [1.165, 1.54) is 6.08 Å². The van der Waals surface area contributed by atoms with Crippen LogP contribution in [0.1, 0.15) is 5.56 Å². The number of alkyl halides is 1. The Hall–Kier alpha value is -2.36. The Labute approximate surface area is 109 Å². The summed E-state index contributed by atoms with van der Waals surface area (Å²) < 4.78 is 17.5. The van der Waals surface area contributed by atoms with Crippen molar-refractivity contribution in [3.05, 3.63) is 48.0 Å². The standard InChI is InChI=1S/C15H13FO3/c16-9-10-19-14-7-5-11-3-1-2-4-12(11)13(14)6-8-15(17)18/h1-8H,9-10H2,(H,17,18)/b8-6+. The zero-order chi connectivity index (χ0) is 13.7. The lowest BCUT2D eigenvalue weighted by Gasteiger charge is -2.10. The number of carboxylic acid groups (broad SMARTS) is 1. The van der Waals surface area contributed by atoms with E-state index in [0.29, 0.717) is 11.3 Å². The smallest absolute Gasteiger partial charge is 0.328 e. The number of carbonyl (C=O) groups is 1. The Morgan fingerprint density at radius 1 is 1.26 bits per heavy atom. The highest BCUT2D eigenvalue weighted by Crippen LogP contribution is 2.29. The third kappa shape index (κ3) is 3.10. The van der Waals surface area contributed by atoms with Crippen LogP contribution in [0.3, 0.4) is 0 Å². The van der Waals surface area contributed by atoms with E-state index < -0.39 is 12.6 Å². The van der Waals surface area contributed by atoms with Gasteiger partial charge in [-0.15, -0.1) is 0 Å². The van der Waals surface area contributed by atoms with Gasteiger partial charge in [-0.3, -0.25) is 0 Å². The van der Waals surface area contributed by atoms with Gasteiger partial charge in [0.15, 0.2) is 0 Å². The number of fused-ring (bicyclic) bond motifs is 1. The van der Waals surface area contributed by atoms with Crippen molar-refractivity contribution in [1.29, 1.82) is 0 Å². The summed E-state index contributed by atoms with van der Waals surface area (Å²) >= 11 is 0. The average Bonchev–Trinajstić information content (AvgIpc) is 2.42. The molecule has 1 N–H and O–H groups in total. The van der Waals surface area contributed by atoms with Crippen LogP contribution in [0.5, 0.6) is 5.75 Å². The summed E-state index contributed by atoms with van der Waals surface area (Å²) in [5.41, 5.74) is 0.647. The molecule has 0 unspecified atom stereocenters. The van der Waals surface area contributed by atoms with E-state index >= 15 is 0 Å². The fourth-order valence-corrected chi connectivity index (χ4v) is 1.88. The van der Waals surface area contributed by atoms with Crippen molar-refractivity contribution in [3.63, 3.8) is 0 Å². The number of benzene rings is 2. The predicted molar refractivity (Wildman–Crippen MR) is 72.1 cm³/mol. The second-order valence-corrected chi connectivity index (χ2v) is 3.91. The number of hydrogen-bond acceptors (Lipinski definition) is 2. The molecule has 0 aliphatic rings. The summed E-state index contributed by atoms with van der Waals surface area (Å²) in [5, 5.41) is 10.6. The highest BCUT2D eigenvalue weighted by atomic mass is 19.1. The number of aliphatic carboxylic acids is 1. The van der Waals surface area contributed by atoms with Crippen LogP contribution in [0.25, 0.3) is 16.8 Å². The Morgan fingerprint density at radius 3 is 2.79 bits per heavy atom. The van der Waals surface area contributed by atoms with E-state index in [0.717, 1.165) is 16.8 Å². The monoisotopic (exact) mass is 260 g/mol. The maximum absolute atomic E-state index is 12.2. The van der Waals surface area contributed by atoms with Crippen LogP contribution in [0, 0.1) is 0 Å². The van der Waals surface area contributed by atoms with Crippen molar-refractivity contribution in [2.45, 2.75) is 0 Å². The zero-order valence-corrected chi connectivity index (χ0v) is 10.2. The van der Waals surface area contributed by atoms with E-state index in [1.807, 2.05) is 30.3 Å². The summed E-state index contributed by atoms with van der Waals surface area (Å²) in [5.74, 6) is -0.557. The molecule has 0 radical (unpaired) electrons. The molecule has 0 amide bonds. The number of ether oxygens (including phenoxy) is 1. The molecular formula is C15H13FO3. The topological polar surface area (TPSA) is 46.5 Å². The van der Waals surface area contributed by atoms with Crippen LogP contribution in [0.4, 0.5) is 4.39 Å². The first-order chi connectivity index (χ1) is 9.22. The minimum absolute atomic E-state index is 0.0494. The zero-order valence-electron chi connectivity index (χ0n) is 10.2. The van der Waals surface area contributed by atoms with Gasteiger partial charge in [-0.25, -0.2) is 9.18 Å². The van der Waals surface area contributed by atoms with Gasteiger partial charge in [0, 0.05) is 11.6 Å². The Kier molecular flexibility index (Phi) is 4.13. The van der Waals surface area contributed by atoms with Crippen LogP contribution in [-0.2, 0) is 4.79 Å². The average molecular weight is 260 g/mol. The fourth-order valence-electron chi connectivity index (χ4n) is 1.88. The number of rotatable bonds is 5. The van der Waals surface area contributed by atoms with Gasteiger partial charge in [0.2, 0.25) is 0 Å². The van der Waals surface area contributed by atoms with Gasteiger partial charge in [0.1, 0.15) is 19.0 Å². The van der Waals surface area contributed by atoms with Crippen LogP contribution in [0.2, 0.25) is 0 Å². The molecule has 0 bridgehead atoms. The van der Waals surface area contributed by atoms with Crippen molar-refractivity contribution in [2.75, 3.05) is 13.3 Å². The van der Waals surface area contributed by atoms with Crippen LogP contribution < -0.4 is 4.74 Å². The third-order valence-electron chi connectivity index (χ3n) is 2.66. The quantitative estimate of drug-likeness (QED) is 0.839. The summed E-state index contributed by atoms with van der Waals surface area (Å²) in [6.07, 6.45) is 2.52. The molecule has 0 spiro atoms. The summed E-state index contributed by atoms with van der Waals surface area (Å²) in [6.45, 7) is -0.638. The number of carboxylic acids is 1. The van der Waals surface area contributed by atoms with Crippen LogP contribution in [0.15, 0.2) is 42.5 Å². The molecule has 19 heavy (non-hydrogen) atoms. The summed E-state index contributed by atoms with van der Waals surface area (Å²) in [4.78, 5) is 10.6. The molecule has 4 heteroatoms. The van der Waals surface area contributed by atoms with Gasteiger partial charge < -0.3 is 9.84 Å². The van der Waals surface area contributed by atoms with E-state index in [1.54, 1.807) is 6.07 Å². The van der Waals surface area contributed by atoms with E-state index in [-0.39, 0.29) is 6.61 Å². The van der Waals surface area contributed by atoms with Crippen LogP contribution >= 0.6 is 0 Å². The fraction of sp³-hybridized carbons (Fsp3) is 0.133. The molecule has 2 rings (SSSR count). The van der Waals surface area contributed by atoms with Gasteiger partial charge >= 0.3 is 5.97 Å². The summed E-state index contributed by atoms with van der Waals surface area (Å²) in [6, 6.07) is 11.1. The van der Waals surface area contributed by atoms with E-state index in [9.17, 15) is 9.18 Å². The molecule has 0 heterocycles. The molecule has 0 aromatic heterocycles. The van der Waals surface area contributed by atoms with Crippen molar-refractivity contribution in [1.82, 2.24) is 0 Å². The van der Waals surface area contributed by atoms with Gasteiger partial charge in [-0.1, -0.05) is 30.3 Å². The van der Waals surface area contributed by atoms with Crippen molar-refractivity contribution < 1.29 is 19.0 Å². The SMILES string of the molecule is O=C(O)/C=C/c1c(OCCF)ccc2ccccc12. The molecule has 98 valence electrons. The molecule has 3 nitrogen and oxygen atoms in total. The summed E-state index contributed by atoms with van der Waals surface area (Å²) in [7, 11) is 0. The van der Waals surface area contributed by atoms with Gasteiger partial charge in [0.25, 0.3) is 0 Å². The first-order valence-corrected chi connectivity index (χ1v) is 5.84. The molecule has 0 saturated carbocycles. The Bertz CT molecular complexity index is 620. The second-order valence-electron chi connectivity index (χ2n) is 3.91. The molecular weight excluding hydrogens is 247 g/mol. The van der Waals surface area contributed by atoms with Crippen molar-refractivity contribution >= 4 is 22.8 Å². The number of halogens is 1. The first-order valence-electron chi connectivity index (χ1n) is 5.84. The Morgan fingerprint density at radius 2 is 2.05 bits per heavy atom. The minimum atomic E-state index is -1.04. The minimum Gasteiger partial charge on any atom is -0.490 e. The lowest BCUT2D eigenvalue weighted by Crippen LogP contribution is -2.00. The maximum atomic E-state index is 12.2. The van der Waals surface area contributed by atoms with Crippen molar-refractivity contribution in [2.24, 2.45) is 0 Å². The normalized spacial score (nSPS) is 11.0. The molecule has 0 aliphatic heterocycles. The van der Waals surface area contributed by atoms with Crippen molar-refractivity contribution in [3.8, 4) is 5.75 Å². The lowest BCUT2D eigenvalue weighted by atomic mass is 10.0. The molecule has 0 fully saturated rings. The predicted octanol–water partition coefficient (Wildman–Crippen LogP) is 3.29.